The van der Waals surface area contributed by atoms with Gasteiger partial charge in [0.15, 0.2) is 5.75 Å². The van der Waals surface area contributed by atoms with Gasteiger partial charge in [0.05, 0.1) is 5.69 Å². The lowest BCUT2D eigenvalue weighted by molar-refractivity contribution is -0.131. The standard InChI is InChI=1S/C22H24N6O4/c1-3-20-25-21(26-32-20)16-8-9-19(23-14-16)27-10-12-28(13-11-27)22(30)24-17-6-4-5-7-18(17)31-15(2)29/h4-9,14H,3,10-13H2,1-2H3,(H,24,30). The van der Waals surface area contributed by atoms with E-state index in [1.807, 2.05) is 19.1 Å². The summed E-state index contributed by atoms with van der Waals surface area (Å²) in [5, 5.41) is 6.79. The monoisotopic (exact) mass is 436 g/mol. The van der Waals surface area contributed by atoms with Crippen LogP contribution in [-0.4, -0.2) is 58.2 Å². The number of ether oxygens (including phenoxy) is 1. The number of nitrogens with one attached hydrogen (secondary N) is 1. The molecule has 2 amide bonds. The number of benzene rings is 1. The molecular formula is C22H24N6O4. The van der Waals surface area contributed by atoms with Crippen LogP contribution in [0.3, 0.4) is 0 Å². The lowest BCUT2D eigenvalue weighted by Crippen LogP contribution is -2.50. The van der Waals surface area contributed by atoms with E-state index in [0.717, 1.165) is 11.4 Å². The van der Waals surface area contributed by atoms with Crippen molar-refractivity contribution in [2.45, 2.75) is 20.3 Å². The Kier molecular flexibility index (Phi) is 6.29. The molecule has 0 unspecified atom stereocenters. The summed E-state index contributed by atoms with van der Waals surface area (Å²) < 4.78 is 10.3. The van der Waals surface area contributed by atoms with Crippen molar-refractivity contribution in [1.29, 1.82) is 0 Å². The number of esters is 1. The molecular weight excluding hydrogens is 412 g/mol. The van der Waals surface area contributed by atoms with Gasteiger partial charge >= 0.3 is 12.0 Å². The van der Waals surface area contributed by atoms with Crippen LogP contribution in [0.25, 0.3) is 11.4 Å². The molecule has 0 saturated carbocycles. The van der Waals surface area contributed by atoms with Crippen molar-refractivity contribution in [2.75, 3.05) is 36.4 Å². The molecule has 10 nitrogen and oxygen atoms in total. The molecule has 3 aromatic rings. The van der Waals surface area contributed by atoms with Gasteiger partial charge in [-0.15, -0.1) is 0 Å². The molecule has 3 heterocycles. The van der Waals surface area contributed by atoms with Gasteiger partial charge in [-0.1, -0.05) is 24.2 Å². The van der Waals surface area contributed by atoms with Crippen molar-refractivity contribution >= 4 is 23.5 Å². The fourth-order valence-corrected chi connectivity index (χ4v) is 3.37. The fraction of sp³-hybridized carbons (Fsp3) is 0.318. The SMILES string of the molecule is CCc1nc(-c2ccc(N3CCN(C(=O)Nc4ccccc4OC(C)=O)CC3)nc2)no1. The quantitative estimate of drug-likeness (QED) is 0.480. The maximum Gasteiger partial charge on any atom is 0.322 e. The topological polar surface area (TPSA) is 114 Å². The van der Waals surface area contributed by atoms with Gasteiger partial charge in [-0.05, 0) is 24.3 Å². The van der Waals surface area contributed by atoms with Gasteiger partial charge in [-0.2, -0.15) is 4.98 Å². The first-order chi connectivity index (χ1) is 15.5. The molecule has 0 spiro atoms. The second kappa shape index (κ2) is 9.46. The maximum atomic E-state index is 12.7. The Bertz CT molecular complexity index is 1090. The van der Waals surface area contributed by atoms with Crippen molar-refractivity contribution in [3.8, 4) is 17.1 Å². The minimum Gasteiger partial charge on any atom is -0.424 e. The third kappa shape index (κ3) is 4.85. The van der Waals surface area contributed by atoms with Gasteiger partial charge in [-0.3, -0.25) is 4.79 Å². The zero-order valence-corrected chi connectivity index (χ0v) is 17.9. The van der Waals surface area contributed by atoms with Gasteiger partial charge in [0, 0.05) is 51.3 Å². The molecule has 0 bridgehead atoms. The average Bonchev–Trinajstić information content (AvgIpc) is 3.30. The minimum absolute atomic E-state index is 0.239. The molecule has 0 radical (unpaired) electrons. The molecule has 10 heteroatoms. The number of rotatable bonds is 5. The average molecular weight is 436 g/mol. The zero-order valence-electron chi connectivity index (χ0n) is 17.9. The van der Waals surface area contributed by atoms with Gasteiger partial charge in [0.25, 0.3) is 0 Å². The van der Waals surface area contributed by atoms with E-state index < -0.39 is 5.97 Å². The molecule has 1 aliphatic heterocycles. The van der Waals surface area contributed by atoms with E-state index in [1.165, 1.54) is 6.92 Å². The number of para-hydroxylation sites is 2. The maximum absolute atomic E-state index is 12.7. The highest BCUT2D eigenvalue weighted by atomic mass is 16.5. The summed E-state index contributed by atoms with van der Waals surface area (Å²) >= 11 is 0. The normalized spacial score (nSPS) is 13.7. The summed E-state index contributed by atoms with van der Waals surface area (Å²) in [5.41, 5.74) is 1.25. The predicted molar refractivity (Wildman–Crippen MR) is 117 cm³/mol. The highest BCUT2D eigenvalue weighted by Crippen LogP contribution is 2.25. The van der Waals surface area contributed by atoms with E-state index in [9.17, 15) is 9.59 Å². The Morgan fingerprint density at radius 2 is 1.91 bits per heavy atom. The van der Waals surface area contributed by atoms with Crippen LogP contribution in [0.5, 0.6) is 5.75 Å². The van der Waals surface area contributed by atoms with Gasteiger partial charge in [0.2, 0.25) is 11.7 Å². The molecule has 166 valence electrons. The van der Waals surface area contributed by atoms with Crippen LogP contribution in [0.4, 0.5) is 16.3 Å². The predicted octanol–water partition coefficient (Wildman–Crippen LogP) is 2.97. The second-order valence-electron chi connectivity index (χ2n) is 7.26. The van der Waals surface area contributed by atoms with Crippen LogP contribution in [0.15, 0.2) is 47.1 Å². The lowest BCUT2D eigenvalue weighted by Gasteiger charge is -2.35. The molecule has 0 atom stereocenters. The van der Waals surface area contributed by atoms with Gasteiger partial charge in [-0.25, -0.2) is 9.78 Å². The Balaban J connectivity index is 1.34. The number of nitrogens with zero attached hydrogens (tertiary/aromatic N) is 5. The smallest absolute Gasteiger partial charge is 0.322 e. The Morgan fingerprint density at radius 3 is 2.56 bits per heavy atom. The molecule has 2 aromatic heterocycles. The molecule has 1 aliphatic rings. The number of hydrogen-bond acceptors (Lipinski definition) is 8. The molecule has 1 N–H and O–H groups in total. The Labute approximate surface area is 185 Å². The largest absolute Gasteiger partial charge is 0.424 e. The number of aromatic nitrogens is 3. The van der Waals surface area contributed by atoms with Crippen LogP contribution in [0.1, 0.15) is 19.7 Å². The summed E-state index contributed by atoms with van der Waals surface area (Å²) in [4.78, 5) is 36.7. The number of carbonyl (C=O) groups excluding carboxylic acids is 2. The number of aryl methyl sites for hydroxylation is 1. The summed E-state index contributed by atoms with van der Waals surface area (Å²) in [6.07, 6.45) is 2.41. The van der Waals surface area contributed by atoms with E-state index in [2.05, 4.69) is 25.3 Å². The van der Waals surface area contributed by atoms with Crippen molar-refractivity contribution in [2.24, 2.45) is 0 Å². The first-order valence-corrected chi connectivity index (χ1v) is 10.4. The molecule has 4 rings (SSSR count). The van der Waals surface area contributed by atoms with Crippen LogP contribution in [-0.2, 0) is 11.2 Å². The van der Waals surface area contributed by atoms with Crippen LogP contribution >= 0.6 is 0 Å². The van der Waals surface area contributed by atoms with E-state index in [0.29, 0.717) is 55.8 Å². The number of carbonyl (C=O) groups is 2. The fourth-order valence-electron chi connectivity index (χ4n) is 3.37. The van der Waals surface area contributed by atoms with E-state index in [4.69, 9.17) is 9.26 Å². The molecule has 32 heavy (non-hydrogen) atoms. The number of hydrogen-bond donors (Lipinski definition) is 1. The summed E-state index contributed by atoms with van der Waals surface area (Å²) in [7, 11) is 0. The zero-order chi connectivity index (χ0) is 22.5. The number of amides is 2. The van der Waals surface area contributed by atoms with E-state index >= 15 is 0 Å². The van der Waals surface area contributed by atoms with Gasteiger partial charge in [0.1, 0.15) is 5.82 Å². The highest BCUT2D eigenvalue weighted by molar-refractivity contribution is 5.91. The van der Waals surface area contributed by atoms with Crippen molar-refractivity contribution in [1.82, 2.24) is 20.0 Å². The third-order valence-electron chi connectivity index (χ3n) is 5.05. The molecule has 0 aliphatic carbocycles. The number of pyridine rings is 1. The van der Waals surface area contributed by atoms with E-state index in [-0.39, 0.29) is 6.03 Å². The number of urea groups is 1. The Morgan fingerprint density at radius 1 is 1.12 bits per heavy atom. The second-order valence-corrected chi connectivity index (χ2v) is 7.26. The van der Waals surface area contributed by atoms with Crippen molar-refractivity contribution in [3.05, 3.63) is 48.5 Å². The minimum atomic E-state index is -0.441. The summed E-state index contributed by atoms with van der Waals surface area (Å²) in [6.45, 7) is 5.65. The summed E-state index contributed by atoms with van der Waals surface area (Å²) in [5.74, 6) is 1.83. The van der Waals surface area contributed by atoms with Crippen LogP contribution < -0.4 is 15.0 Å². The first kappa shape index (κ1) is 21.3. The van der Waals surface area contributed by atoms with E-state index in [1.54, 1.807) is 35.4 Å². The summed E-state index contributed by atoms with van der Waals surface area (Å²) in [6, 6.07) is 10.4. The van der Waals surface area contributed by atoms with Gasteiger partial charge < -0.3 is 24.4 Å². The lowest BCUT2D eigenvalue weighted by atomic mass is 10.2. The first-order valence-electron chi connectivity index (χ1n) is 10.4. The third-order valence-corrected chi connectivity index (χ3v) is 5.05. The highest BCUT2D eigenvalue weighted by Gasteiger charge is 2.23. The molecule has 1 fully saturated rings. The van der Waals surface area contributed by atoms with Crippen molar-refractivity contribution in [3.63, 3.8) is 0 Å². The van der Waals surface area contributed by atoms with Crippen molar-refractivity contribution < 1.29 is 18.8 Å². The number of anilines is 2. The Hall–Kier alpha value is -3.95. The van der Waals surface area contributed by atoms with Crippen LogP contribution in [0, 0.1) is 0 Å². The number of piperazine rings is 1. The van der Waals surface area contributed by atoms with Crippen LogP contribution in [0.2, 0.25) is 0 Å². The molecule has 1 saturated heterocycles. The molecule has 1 aromatic carbocycles.